The topological polar surface area (TPSA) is 67.8 Å². The summed E-state index contributed by atoms with van der Waals surface area (Å²) in [7, 11) is 0. The lowest BCUT2D eigenvalue weighted by Crippen LogP contribution is -2.43. The molecular formula is C22H31NO4S. The van der Waals surface area contributed by atoms with Crippen LogP contribution in [-0.4, -0.2) is 36.6 Å². The molecule has 0 aromatic carbocycles. The second-order valence-corrected chi connectivity index (χ2v) is 9.12. The molecule has 3 unspecified atom stereocenters. The van der Waals surface area contributed by atoms with Crippen molar-refractivity contribution in [3.8, 4) is 0 Å². The summed E-state index contributed by atoms with van der Waals surface area (Å²) in [6.07, 6.45) is 7.90. The van der Waals surface area contributed by atoms with Gasteiger partial charge in [-0.1, -0.05) is 6.42 Å². The summed E-state index contributed by atoms with van der Waals surface area (Å²) in [5.74, 6) is 1.84. The van der Waals surface area contributed by atoms with E-state index in [2.05, 4.69) is 22.1 Å². The lowest BCUT2D eigenvalue weighted by molar-refractivity contribution is -0.166. The molecule has 0 spiro atoms. The molecule has 2 heterocycles. The average molecular weight is 406 g/mol. The van der Waals surface area contributed by atoms with Crippen LogP contribution in [0.5, 0.6) is 0 Å². The Bertz CT molecular complexity index is 689. The van der Waals surface area contributed by atoms with Crippen molar-refractivity contribution >= 4 is 17.2 Å². The molecule has 4 rings (SSSR count). The monoisotopic (exact) mass is 405 g/mol. The Morgan fingerprint density at radius 3 is 2.93 bits per heavy atom. The summed E-state index contributed by atoms with van der Waals surface area (Å²) in [5.41, 5.74) is 1.19. The van der Waals surface area contributed by atoms with Gasteiger partial charge in [0.15, 0.2) is 5.76 Å². The highest BCUT2D eigenvalue weighted by atomic mass is 32.1. The number of rotatable bonds is 8. The van der Waals surface area contributed by atoms with E-state index in [0.29, 0.717) is 24.7 Å². The van der Waals surface area contributed by atoms with E-state index < -0.39 is 6.29 Å². The first-order chi connectivity index (χ1) is 13.7. The smallest absolute Gasteiger partial charge is 0.286 e. The lowest BCUT2D eigenvalue weighted by atomic mass is 9.81. The number of hydrogen-bond donors (Lipinski definition) is 2. The Morgan fingerprint density at radius 1 is 1.39 bits per heavy atom. The van der Waals surface area contributed by atoms with Gasteiger partial charge in [0.25, 0.3) is 5.91 Å². The molecule has 2 bridgehead atoms. The molecule has 5 nitrogen and oxygen atoms in total. The first-order valence-electron chi connectivity index (χ1n) is 10.6. The van der Waals surface area contributed by atoms with Crippen LogP contribution in [0.1, 0.15) is 56.9 Å². The lowest BCUT2D eigenvalue weighted by Gasteiger charge is -2.37. The van der Waals surface area contributed by atoms with Crippen molar-refractivity contribution in [2.45, 2.75) is 63.7 Å². The first kappa shape index (κ1) is 19.9. The number of amides is 1. The number of ether oxygens (including phenoxy) is 2. The summed E-state index contributed by atoms with van der Waals surface area (Å²) >= 11 is 1.66. The maximum Gasteiger partial charge on any atom is 0.286 e. The fraction of sp³-hybridized carbons (Fsp3) is 0.682. The molecule has 28 heavy (non-hydrogen) atoms. The predicted molar refractivity (Wildman–Crippen MR) is 109 cm³/mol. The molecule has 3 aliphatic rings. The molecular weight excluding hydrogens is 374 g/mol. The Kier molecular flexibility index (Phi) is 6.38. The fourth-order valence-electron chi connectivity index (χ4n) is 5.27. The second kappa shape index (κ2) is 8.97. The standard InChI is InChI=1S/C22H31NO4S/c1-2-26-22-17(4-3-8-24)18(16-7-9-28-13-16)12-20(27-22)21(25)23-19-11-14-5-6-15(19)10-14/h7,9,12-15,17-19,22,24H,2-6,8,10-11H2,1H3,(H,23,25)/t14?,15?,17-,18+,19?,22+/m0/s1. The number of carbonyl (C=O) groups is 1. The van der Waals surface area contributed by atoms with E-state index in [1.807, 2.05) is 13.0 Å². The van der Waals surface area contributed by atoms with Gasteiger partial charge in [0.05, 0.1) is 0 Å². The molecule has 2 fully saturated rings. The number of aliphatic hydroxyl groups excluding tert-OH is 1. The van der Waals surface area contributed by atoms with Gasteiger partial charge >= 0.3 is 0 Å². The van der Waals surface area contributed by atoms with E-state index in [1.165, 1.54) is 24.8 Å². The third kappa shape index (κ3) is 4.14. The van der Waals surface area contributed by atoms with Gasteiger partial charge in [-0.25, -0.2) is 0 Å². The van der Waals surface area contributed by atoms with E-state index >= 15 is 0 Å². The van der Waals surface area contributed by atoms with E-state index in [0.717, 1.165) is 18.8 Å². The SMILES string of the molecule is CCO[C@@H]1OC(C(=O)NC2CC3CCC2C3)=C[C@H](c2ccsc2)[C@@H]1CCCO. The van der Waals surface area contributed by atoms with Gasteiger partial charge < -0.3 is 19.9 Å². The van der Waals surface area contributed by atoms with Crippen molar-refractivity contribution in [2.75, 3.05) is 13.2 Å². The van der Waals surface area contributed by atoms with E-state index in [1.54, 1.807) is 11.3 Å². The van der Waals surface area contributed by atoms with Crippen molar-refractivity contribution in [3.05, 3.63) is 34.2 Å². The van der Waals surface area contributed by atoms with Crippen LogP contribution in [0.4, 0.5) is 0 Å². The summed E-state index contributed by atoms with van der Waals surface area (Å²) in [6.45, 7) is 2.62. The van der Waals surface area contributed by atoms with E-state index in [4.69, 9.17) is 9.47 Å². The number of thiophene rings is 1. The fourth-order valence-corrected chi connectivity index (χ4v) is 5.98. The minimum absolute atomic E-state index is 0.0591. The van der Waals surface area contributed by atoms with Crippen LogP contribution in [0.2, 0.25) is 0 Å². The molecule has 1 aliphatic heterocycles. The highest BCUT2D eigenvalue weighted by Crippen LogP contribution is 2.45. The van der Waals surface area contributed by atoms with E-state index in [9.17, 15) is 9.90 Å². The summed E-state index contributed by atoms with van der Waals surface area (Å²) in [4.78, 5) is 13.0. The summed E-state index contributed by atoms with van der Waals surface area (Å²) < 4.78 is 12.0. The summed E-state index contributed by atoms with van der Waals surface area (Å²) in [6, 6.07) is 2.39. The molecule has 0 saturated heterocycles. The Morgan fingerprint density at radius 2 is 2.29 bits per heavy atom. The molecule has 1 aromatic rings. The van der Waals surface area contributed by atoms with Gasteiger partial charge in [-0.15, -0.1) is 0 Å². The molecule has 2 saturated carbocycles. The molecule has 2 N–H and O–H groups in total. The van der Waals surface area contributed by atoms with Crippen LogP contribution in [0.3, 0.4) is 0 Å². The molecule has 2 aliphatic carbocycles. The average Bonchev–Trinajstić information content (AvgIpc) is 3.45. The van der Waals surface area contributed by atoms with Gasteiger partial charge in [-0.3, -0.25) is 4.79 Å². The second-order valence-electron chi connectivity index (χ2n) is 8.34. The van der Waals surface area contributed by atoms with E-state index in [-0.39, 0.29) is 30.4 Å². The number of allylic oxidation sites excluding steroid dienone is 1. The van der Waals surface area contributed by atoms with Gasteiger partial charge in [0, 0.05) is 31.1 Å². The zero-order valence-corrected chi connectivity index (χ0v) is 17.3. The maximum absolute atomic E-state index is 13.0. The van der Waals surface area contributed by atoms with Gasteiger partial charge in [-0.2, -0.15) is 11.3 Å². The normalized spacial score (nSPS) is 34.1. The zero-order valence-electron chi connectivity index (χ0n) is 16.5. The van der Waals surface area contributed by atoms with Crippen LogP contribution in [0, 0.1) is 17.8 Å². The van der Waals surface area contributed by atoms with Gasteiger partial charge in [0.2, 0.25) is 6.29 Å². The highest BCUT2D eigenvalue weighted by molar-refractivity contribution is 7.08. The van der Waals surface area contributed by atoms with Crippen LogP contribution in [0.25, 0.3) is 0 Å². The molecule has 1 aromatic heterocycles. The molecule has 6 heteroatoms. The van der Waals surface area contributed by atoms with Crippen LogP contribution < -0.4 is 5.32 Å². The molecule has 6 atom stereocenters. The van der Waals surface area contributed by atoms with Crippen LogP contribution in [-0.2, 0) is 14.3 Å². The highest BCUT2D eigenvalue weighted by Gasteiger charge is 2.42. The Hall–Kier alpha value is -1.37. The van der Waals surface area contributed by atoms with Crippen LogP contribution >= 0.6 is 11.3 Å². The van der Waals surface area contributed by atoms with Crippen LogP contribution in [0.15, 0.2) is 28.7 Å². The van der Waals surface area contributed by atoms with Crippen molar-refractivity contribution in [1.82, 2.24) is 5.32 Å². The van der Waals surface area contributed by atoms with Crippen molar-refractivity contribution in [3.63, 3.8) is 0 Å². The maximum atomic E-state index is 13.0. The molecule has 0 radical (unpaired) electrons. The number of carbonyl (C=O) groups excluding carboxylic acids is 1. The number of nitrogens with one attached hydrogen (secondary N) is 1. The first-order valence-corrected chi connectivity index (χ1v) is 11.6. The summed E-state index contributed by atoms with van der Waals surface area (Å²) in [5, 5.41) is 16.8. The third-order valence-electron chi connectivity index (χ3n) is 6.62. The van der Waals surface area contributed by atoms with Gasteiger partial charge in [0.1, 0.15) is 0 Å². The van der Waals surface area contributed by atoms with Crippen molar-refractivity contribution < 1.29 is 19.4 Å². The minimum Gasteiger partial charge on any atom is -0.459 e. The van der Waals surface area contributed by atoms with Crippen molar-refractivity contribution in [2.24, 2.45) is 17.8 Å². The Labute approximate surface area is 171 Å². The zero-order chi connectivity index (χ0) is 19.5. The number of hydrogen-bond acceptors (Lipinski definition) is 5. The number of aliphatic hydroxyl groups is 1. The Balaban J connectivity index is 1.54. The molecule has 1 amide bonds. The number of fused-ring (bicyclic) bond motifs is 2. The largest absolute Gasteiger partial charge is 0.459 e. The predicted octanol–water partition coefficient (Wildman–Crippen LogP) is 3.80. The quantitative estimate of drug-likeness (QED) is 0.690. The molecule has 154 valence electrons. The minimum atomic E-state index is -0.466. The third-order valence-corrected chi connectivity index (χ3v) is 7.32. The van der Waals surface area contributed by atoms with Gasteiger partial charge in [-0.05, 0) is 79.3 Å². The van der Waals surface area contributed by atoms with Crippen molar-refractivity contribution in [1.29, 1.82) is 0 Å².